The molecule has 2 amide bonds. The summed E-state index contributed by atoms with van der Waals surface area (Å²) >= 11 is 0. The van der Waals surface area contributed by atoms with Gasteiger partial charge in [0, 0.05) is 18.3 Å². The molecule has 144 valence electrons. The smallest absolute Gasteiger partial charge is 0.410 e. The zero-order valence-corrected chi connectivity index (χ0v) is 16.0. The lowest BCUT2D eigenvalue weighted by molar-refractivity contribution is -0.117. The van der Waals surface area contributed by atoms with Crippen LogP contribution in [-0.4, -0.2) is 56.3 Å². The molecule has 0 bridgehead atoms. The molecule has 1 saturated carbocycles. The average molecular weight is 372 g/mol. The van der Waals surface area contributed by atoms with Gasteiger partial charge in [0.05, 0.1) is 6.04 Å². The molecule has 1 aliphatic carbocycles. The van der Waals surface area contributed by atoms with Gasteiger partial charge < -0.3 is 15.0 Å². The maximum Gasteiger partial charge on any atom is 0.410 e. The summed E-state index contributed by atoms with van der Waals surface area (Å²) in [6, 6.07) is 7.67. The Bertz CT molecular complexity index is 838. The van der Waals surface area contributed by atoms with Crippen molar-refractivity contribution in [3.63, 3.8) is 0 Å². The average Bonchev–Trinajstić information content (AvgIpc) is 3.30. The number of aromatic nitrogens is 4. The zero-order chi connectivity index (χ0) is 19.6. The van der Waals surface area contributed by atoms with Gasteiger partial charge in [0.2, 0.25) is 5.91 Å². The van der Waals surface area contributed by atoms with E-state index in [1.165, 1.54) is 11.9 Å². The minimum atomic E-state index is -0.609. The first-order chi connectivity index (χ1) is 12.7. The van der Waals surface area contributed by atoms with Gasteiger partial charge in [-0.15, -0.1) is 5.10 Å². The number of hydrogen-bond donors (Lipinski definition) is 1. The molecule has 0 spiro atoms. The van der Waals surface area contributed by atoms with Crippen molar-refractivity contribution in [2.45, 2.75) is 45.3 Å². The predicted octanol–water partition coefficient (Wildman–Crippen LogP) is 2.48. The number of benzene rings is 1. The molecule has 1 aromatic heterocycles. The molecule has 0 radical (unpaired) electrons. The molecule has 0 saturated heterocycles. The fraction of sp³-hybridized carbons (Fsp3) is 0.500. The number of nitrogens with one attached hydrogen (secondary N) is 1. The Labute approximate surface area is 157 Å². The highest BCUT2D eigenvalue weighted by Crippen LogP contribution is 2.36. The molecule has 0 atom stereocenters. The molecule has 9 heteroatoms. The molecule has 1 fully saturated rings. The topological polar surface area (TPSA) is 102 Å². The van der Waals surface area contributed by atoms with E-state index in [2.05, 4.69) is 20.8 Å². The summed E-state index contributed by atoms with van der Waals surface area (Å²) in [5.74, 6) is 0.363. The second kappa shape index (κ2) is 7.34. The molecule has 2 aromatic rings. The van der Waals surface area contributed by atoms with Crippen LogP contribution in [0.15, 0.2) is 24.3 Å². The van der Waals surface area contributed by atoms with Gasteiger partial charge in [0.15, 0.2) is 5.82 Å². The summed E-state index contributed by atoms with van der Waals surface area (Å²) in [5, 5.41) is 14.7. The van der Waals surface area contributed by atoms with Crippen molar-refractivity contribution < 1.29 is 14.3 Å². The zero-order valence-electron chi connectivity index (χ0n) is 16.0. The van der Waals surface area contributed by atoms with E-state index < -0.39 is 11.7 Å². The van der Waals surface area contributed by atoms with E-state index in [1.54, 1.807) is 26.8 Å². The second-order valence-electron chi connectivity index (χ2n) is 7.64. The number of carbonyl (C=O) groups excluding carboxylic acids is 2. The van der Waals surface area contributed by atoms with E-state index in [9.17, 15) is 9.59 Å². The molecule has 1 aliphatic rings. The van der Waals surface area contributed by atoms with Crippen LogP contribution in [0.4, 0.5) is 10.5 Å². The van der Waals surface area contributed by atoms with Gasteiger partial charge >= 0.3 is 6.09 Å². The van der Waals surface area contributed by atoms with Crippen LogP contribution >= 0.6 is 0 Å². The summed E-state index contributed by atoms with van der Waals surface area (Å²) in [6.07, 6.45) is 1.60. The summed E-state index contributed by atoms with van der Waals surface area (Å²) in [7, 11) is 1.52. The van der Waals surface area contributed by atoms with Crippen LogP contribution in [0.5, 0.6) is 0 Å². The van der Waals surface area contributed by atoms with Gasteiger partial charge in [-0.3, -0.25) is 4.79 Å². The molecular formula is C18H24N6O3. The fourth-order valence-corrected chi connectivity index (χ4v) is 2.51. The van der Waals surface area contributed by atoms with Crippen LogP contribution in [0.2, 0.25) is 0 Å². The fourth-order valence-electron chi connectivity index (χ4n) is 2.51. The first kappa shape index (κ1) is 18.8. The quantitative estimate of drug-likeness (QED) is 0.865. The van der Waals surface area contributed by atoms with Crippen molar-refractivity contribution >= 4 is 17.7 Å². The monoisotopic (exact) mass is 372 g/mol. The number of carbonyl (C=O) groups is 2. The molecule has 1 heterocycles. The van der Waals surface area contributed by atoms with E-state index in [-0.39, 0.29) is 12.5 Å². The number of hydrogen-bond acceptors (Lipinski definition) is 6. The third kappa shape index (κ3) is 5.02. The summed E-state index contributed by atoms with van der Waals surface area (Å²) in [5.41, 5.74) is 0.826. The van der Waals surface area contributed by atoms with E-state index >= 15 is 0 Å². The van der Waals surface area contributed by atoms with Crippen molar-refractivity contribution in [3.8, 4) is 11.4 Å². The highest BCUT2D eigenvalue weighted by atomic mass is 16.6. The number of likely N-dealkylation sites (N-methyl/N-ethyl adjacent to an activating group) is 1. The molecule has 27 heavy (non-hydrogen) atoms. The van der Waals surface area contributed by atoms with Crippen molar-refractivity contribution in [1.82, 2.24) is 25.1 Å². The van der Waals surface area contributed by atoms with Gasteiger partial charge in [0.1, 0.15) is 12.1 Å². The largest absolute Gasteiger partial charge is 0.444 e. The van der Waals surface area contributed by atoms with Crippen molar-refractivity contribution in [1.29, 1.82) is 0 Å². The Morgan fingerprint density at radius 1 is 1.33 bits per heavy atom. The standard InChI is InChI=1S/C18H24N6O3/c1-18(2,3)27-17(26)23(4)11-15(25)19-13-7-5-6-12(10-13)16-20-21-22-24(16)14-8-9-14/h5-7,10,14H,8-9,11H2,1-4H3,(H,19,25). The van der Waals surface area contributed by atoms with Crippen LogP contribution in [-0.2, 0) is 9.53 Å². The van der Waals surface area contributed by atoms with Crippen LogP contribution in [0.3, 0.4) is 0 Å². The Kier molecular flexibility index (Phi) is 5.11. The number of ether oxygens (including phenoxy) is 1. The van der Waals surface area contributed by atoms with Crippen LogP contribution in [0.25, 0.3) is 11.4 Å². The third-order valence-corrected chi connectivity index (χ3v) is 3.88. The Hall–Kier alpha value is -2.97. The molecule has 0 aliphatic heterocycles. The Morgan fingerprint density at radius 3 is 2.74 bits per heavy atom. The molecule has 1 N–H and O–H groups in total. The van der Waals surface area contributed by atoms with Gasteiger partial charge in [0.25, 0.3) is 0 Å². The Balaban J connectivity index is 1.63. The molecule has 0 unspecified atom stereocenters. The van der Waals surface area contributed by atoms with Crippen molar-refractivity contribution in [2.75, 3.05) is 18.9 Å². The van der Waals surface area contributed by atoms with E-state index in [0.717, 1.165) is 18.4 Å². The van der Waals surface area contributed by atoms with Gasteiger partial charge in [-0.1, -0.05) is 12.1 Å². The normalized spacial score (nSPS) is 13.9. The summed E-state index contributed by atoms with van der Waals surface area (Å²) in [6.45, 7) is 5.22. The van der Waals surface area contributed by atoms with Gasteiger partial charge in [-0.05, 0) is 56.2 Å². The SMILES string of the molecule is CN(CC(=O)Nc1cccc(-c2nnnn2C2CC2)c1)C(=O)OC(C)(C)C. The van der Waals surface area contributed by atoms with Crippen molar-refractivity contribution in [2.24, 2.45) is 0 Å². The maximum absolute atomic E-state index is 12.3. The predicted molar refractivity (Wildman–Crippen MR) is 99.0 cm³/mol. The molecule has 3 rings (SSSR count). The van der Waals surface area contributed by atoms with Gasteiger partial charge in [-0.2, -0.15) is 0 Å². The van der Waals surface area contributed by atoms with Crippen LogP contribution < -0.4 is 5.32 Å². The molecular weight excluding hydrogens is 348 g/mol. The minimum absolute atomic E-state index is 0.112. The number of rotatable bonds is 5. The number of nitrogens with zero attached hydrogens (tertiary/aromatic N) is 5. The molecule has 9 nitrogen and oxygen atoms in total. The van der Waals surface area contributed by atoms with E-state index in [0.29, 0.717) is 17.6 Å². The lowest BCUT2D eigenvalue weighted by Crippen LogP contribution is -2.38. The van der Waals surface area contributed by atoms with Crippen LogP contribution in [0, 0.1) is 0 Å². The number of amides is 2. The Morgan fingerprint density at radius 2 is 2.07 bits per heavy atom. The van der Waals surface area contributed by atoms with E-state index in [4.69, 9.17) is 4.74 Å². The lowest BCUT2D eigenvalue weighted by Gasteiger charge is -2.24. The van der Waals surface area contributed by atoms with Gasteiger partial charge in [-0.25, -0.2) is 9.48 Å². The first-order valence-corrected chi connectivity index (χ1v) is 8.85. The molecule has 1 aromatic carbocycles. The lowest BCUT2D eigenvalue weighted by atomic mass is 10.2. The minimum Gasteiger partial charge on any atom is -0.444 e. The number of tetrazole rings is 1. The third-order valence-electron chi connectivity index (χ3n) is 3.88. The number of anilines is 1. The highest BCUT2D eigenvalue weighted by molar-refractivity contribution is 5.94. The summed E-state index contributed by atoms with van der Waals surface area (Å²) in [4.78, 5) is 25.5. The second-order valence-corrected chi connectivity index (χ2v) is 7.64. The highest BCUT2D eigenvalue weighted by Gasteiger charge is 2.28. The maximum atomic E-state index is 12.3. The first-order valence-electron chi connectivity index (χ1n) is 8.85. The van der Waals surface area contributed by atoms with E-state index in [1.807, 2.05) is 22.9 Å². The van der Waals surface area contributed by atoms with Crippen molar-refractivity contribution in [3.05, 3.63) is 24.3 Å². The summed E-state index contributed by atoms with van der Waals surface area (Å²) < 4.78 is 7.06. The van der Waals surface area contributed by atoms with Crippen LogP contribution in [0.1, 0.15) is 39.7 Å².